The van der Waals surface area contributed by atoms with Crippen LogP contribution in [0.25, 0.3) is 0 Å². The Morgan fingerprint density at radius 1 is 0.424 bits per heavy atom. The predicted octanol–water partition coefficient (Wildman–Crippen LogP) is 5.89. The average Bonchev–Trinajstić information content (AvgIpc) is 2.45. The summed E-state index contributed by atoms with van der Waals surface area (Å²) < 4.78 is 238. The number of hydrogen-bond donors (Lipinski definition) is 0. The van der Waals surface area contributed by atoms with Crippen molar-refractivity contribution in [1.82, 2.24) is 0 Å². The molecule has 21 heteroatoms. The molecule has 200 valence electrons. The molecule has 0 N–H and O–H groups in total. The maximum atomic E-state index is 12.7. The van der Waals surface area contributed by atoms with Crippen LogP contribution in [0.2, 0.25) is 0 Å². The molecule has 0 radical (unpaired) electrons. The predicted molar refractivity (Wildman–Crippen MR) is 64.5 cm³/mol. The van der Waals surface area contributed by atoms with Crippen LogP contribution >= 0.6 is 0 Å². The van der Waals surface area contributed by atoms with Crippen LogP contribution in [-0.2, 0) is 14.2 Å². The standard InChI is InChI=1S/C12H8F18O3/c1-31-4(2-32-5(7(13,14)15,8(16,17)18)9(19,20)21)3-33-6(10(22,23)24,11(25,26)27)12(28,29)30/h4H,2-3H2,1H3. The molecule has 0 fully saturated rings. The molecular weight excluding hydrogens is 534 g/mol. The van der Waals surface area contributed by atoms with E-state index in [2.05, 4.69) is 14.2 Å². The maximum Gasteiger partial charge on any atom is 0.435 e. The van der Waals surface area contributed by atoms with Gasteiger partial charge in [0.05, 0.1) is 13.2 Å². The van der Waals surface area contributed by atoms with Gasteiger partial charge in [-0.1, -0.05) is 0 Å². The highest BCUT2D eigenvalue weighted by Gasteiger charge is 2.87. The van der Waals surface area contributed by atoms with E-state index in [-0.39, 0.29) is 7.11 Å². The van der Waals surface area contributed by atoms with E-state index >= 15 is 0 Å². The zero-order valence-corrected chi connectivity index (χ0v) is 15.0. The lowest BCUT2D eigenvalue weighted by Crippen LogP contribution is -2.69. The van der Waals surface area contributed by atoms with Gasteiger partial charge in [-0.2, -0.15) is 79.0 Å². The molecule has 0 rings (SSSR count). The minimum atomic E-state index is -7.35. The first-order valence-electron chi connectivity index (χ1n) is 7.35. The Hall–Kier alpha value is -1.38. The number of alkyl halides is 18. The lowest BCUT2D eigenvalue weighted by molar-refractivity contribution is -0.464. The van der Waals surface area contributed by atoms with E-state index in [0.29, 0.717) is 0 Å². The van der Waals surface area contributed by atoms with E-state index < -0.39 is 67.6 Å². The van der Waals surface area contributed by atoms with Crippen molar-refractivity contribution in [2.75, 3.05) is 20.3 Å². The van der Waals surface area contributed by atoms with Gasteiger partial charge < -0.3 is 14.2 Å². The molecule has 33 heavy (non-hydrogen) atoms. The number of ether oxygens (including phenoxy) is 3. The van der Waals surface area contributed by atoms with E-state index in [4.69, 9.17) is 0 Å². The van der Waals surface area contributed by atoms with Gasteiger partial charge in [0.25, 0.3) is 0 Å². The van der Waals surface area contributed by atoms with Gasteiger partial charge in [0.2, 0.25) is 0 Å². The summed E-state index contributed by atoms with van der Waals surface area (Å²) in [5.41, 5.74) is -14.1. The molecule has 0 aromatic rings. The second-order valence-electron chi connectivity index (χ2n) is 5.83. The molecule has 0 aliphatic rings. The summed E-state index contributed by atoms with van der Waals surface area (Å²) in [5, 5.41) is 0. The quantitative estimate of drug-likeness (QED) is 0.376. The second-order valence-corrected chi connectivity index (χ2v) is 5.83. The molecule has 0 atom stereocenters. The van der Waals surface area contributed by atoms with Crippen molar-refractivity contribution in [2.24, 2.45) is 0 Å². The third-order valence-electron chi connectivity index (χ3n) is 3.70. The fraction of sp³-hybridized carbons (Fsp3) is 1.00. The Morgan fingerprint density at radius 3 is 0.727 bits per heavy atom. The number of methoxy groups -OCH3 is 1. The largest absolute Gasteiger partial charge is 0.435 e. The van der Waals surface area contributed by atoms with Crippen molar-refractivity contribution in [3.8, 4) is 0 Å². The van der Waals surface area contributed by atoms with Crippen molar-refractivity contribution >= 4 is 0 Å². The summed E-state index contributed by atoms with van der Waals surface area (Å²) in [6.45, 7) is -5.53. The van der Waals surface area contributed by atoms with Gasteiger partial charge in [-0.05, 0) is 0 Å². The molecule has 3 nitrogen and oxygen atoms in total. The Morgan fingerprint density at radius 2 is 0.606 bits per heavy atom. The zero-order valence-electron chi connectivity index (χ0n) is 15.0. The van der Waals surface area contributed by atoms with Gasteiger partial charge in [0.1, 0.15) is 6.10 Å². The first kappa shape index (κ1) is 31.6. The molecule has 0 aliphatic carbocycles. The van der Waals surface area contributed by atoms with Crippen LogP contribution in [0.5, 0.6) is 0 Å². The Labute approximate surface area is 169 Å². The van der Waals surface area contributed by atoms with Gasteiger partial charge in [0.15, 0.2) is 0 Å². The van der Waals surface area contributed by atoms with Crippen LogP contribution in [0.15, 0.2) is 0 Å². The summed E-state index contributed by atoms with van der Waals surface area (Å²) in [4.78, 5) is 0. The molecule has 0 bridgehead atoms. The highest BCUT2D eigenvalue weighted by atomic mass is 19.4. The van der Waals surface area contributed by atoms with Crippen LogP contribution in [0.3, 0.4) is 0 Å². The van der Waals surface area contributed by atoms with Gasteiger partial charge in [-0.3, -0.25) is 0 Å². The van der Waals surface area contributed by atoms with Gasteiger partial charge >= 0.3 is 48.3 Å². The van der Waals surface area contributed by atoms with E-state index in [1.807, 2.05) is 0 Å². The van der Waals surface area contributed by atoms with Crippen LogP contribution in [-0.4, -0.2) is 74.7 Å². The fourth-order valence-electron chi connectivity index (χ4n) is 2.08. The molecule has 0 saturated heterocycles. The minimum Gasteiger partial charge on any atom is -0.377 e. The first-order valence-corrected chi connectivity index (χ1v) is 7.35. The van der Waals surface area contributed by atoms with Crippen molar-refractivity contribution < 1.29 is 93.2 Å². The van der Waals surface area contributed by atoms with Crippen LogP contribution in [0.1, 0.15) is 0 Å². The normalized spacial score (nSPS) is 16.0. The lowest BCUT2D eigenvalue weighted by Gasteiger charge is -2.40. The summed E-state index contributed by atoms with van der Waals surface area (Å²) in [5.74, 6) is 0. The summed E-state index contributed by atoms with van der Waals surface area (Å²) in [6.07, 6.45) is -47.3. The SMILES string of the molecule is COC(COC(C(F)(F)F)(C(F)(F)F)C(F)(F)F)COC(C(F)(F)F)(C(F)(F)F)C(F)(F)F. The van der Waals surface area contributed by atoms with Gasteiger partial charge in [-0.25, -0.2) is 0 Å². The topological polar surface area (TPSA) is 27.7 Å². The van der Waals surface area contributed by atoms with Crippen LogP contribution in [0.4, 0.5) is 79.0 Å². The number of rotatable bonds is 7. The van der Waals surface area contributed by atoms with Gasteiger partial charge in [0, 0.05) is 7.11 Å². The smallest absolute Gasteiger partial charge is 0.377 e. The van der Waals surface area contributed by atoms with E-state index in [1.165, 1.54) is 0 Å². The van der Waals surface area contributed by atoms with Gasteiger partial charge in [-0.15, -0.1) is 0 Å². The molecule has 0 aromatic heterocycles. The molecule has 0 amide bonds. The Bertz CT molecular complexity index is 507. The molecule has 0 heterocycles. The van der Waals surface area contributed by atoms with Crippen LogP contribution < -0.4 is 0 Å². The Balaban J connectivity index is 6.20. The first-order chi connectivity index (χ1) is 14.1. The molecule has 0 aromatic carbocycles. The van der Waals surface area contributed by atoms with Crippen LogP contribution in [0, 0.1) is 0 Å². The highest BCUT2D eigenvalue weighted by molar-refractivity contribution is 5.04. The molecule has 0 saturated carbocycles. The van der Waals surface area contributed by atoms with E-state index in [9.17, 15) is 79.0 Å². The van der Waals surface area contributed by atoms with Crippen molar-refractivity contribution in [1.29, 1.82) is 0 Å². The zero-order chi connectivity index (χ0) is 27.1. The van der Waals surface area contributed by atoms with Crippen molar-refractivity contribution in [2.45, 2.75) is 54.4 Å². The second kappa shape index (κ2) is 9.00. The highest BCUT2D eigenvalue weighted by Crippen LogP contribution is 2.56. The average molecular weight is 542 g/mol. The molecule has 0 spiro atoms. The maximum absolute atomic E-state index is 12.7. The third-order valence-corrected chi connectivity index (χ3v) is 3.70. The Kier molecular flexibility index (Phi) is 8.63. The van der Waals surface area contributed by atoms with E-state index in [0.717, 1.165) is 0 Å². The van der Waals surface area contributed by atoms with Crippen molar-refractivity contribution in [3.05, 3.63) is 0 Å². The summed E-state index contributed by atoms with van der Waals surface area (Å²) in [7, 11) is 0.0876. The van der Waals surface area contributed by atoms with Crippen molar-refractivity contribution in [3.63, 3.8) is 0 Å². The number of hydrogen-bond acceptors (Lipinski definition) is 3. The van der Waals surface area contributed by atoms with E-state index in [1.54, 1.807) is 0 Å². The summed E-state index contributed by atoms with van der Waals surface area (Å²) in [6, 6.07) is 0. The minimum absolute atomic E-state index is 0.0876. The molecule has 0 unspecified atom stereocenters. The molecular formula is C12H8F18O3. The number of halogens is 18. The summed E-state index contributed by atoms with van der Waals surface area (Å²) >= 11 is 0. The molecule has 0 aliphatic heterocycles. The fourth-order valence-corrected chi connectivity index (χ4v) is 2.08. The third kappa shape index (κ3) is 5.65. The monoisotopic (exact) mass is 542 g/mol. The lowest BCUT2D eigenvalue weighted by atomic mass is 10.0.